The molecule has 0 saturated carbocycles. The van der Waals surface area contributed by atoms with Crippen molar-refractivity contribution in [3.05, 3.63) is 0 Å². The fourth-order valence-electron chi connectivity index (χ4n) is 2.70. The van der Waals surface area contributed by atoms with Crippen molar-refractivity contribution in [3.63, 3.8) is 0 Å². The van der Waals surface area contributed by atoms with Gasteiger partial charge < -0.3 is 4.90 Å². The maximum Gasteiger partial charge on any atom is 0.00328 e. The minimum atomic E-state index is 0.533. The van der Waals surface area contributed by atoms with Gasteiger partial charge in [0.15, 0.2) is 0 Å². The molecule has 1 atom stereocenters. The third-order valence-corrected chi connectivity index (χ3v) is 3.03. The van der Waals surface area contributed by atoms with Gasteiger partial charge in [0.05, 0.1) is 0 Å². The highest BCUT2D eigenvalue weighted by Crippen LogP contribution is 2.31. The van der Waals surface area contributed by atoms with Crippen molar-refractivity contribution in [2.75, 3.05) is 19.6 Å². The smallest absolute Gasteiger partial charge is 0.00328 e. The van der Waals surface area contributed by atoms with Crippen molar-refractivity contribution in [2.45, 2.75) is 47.0 Å². The summed E-state index contributed by atoms with van der Waals surface area (Å²) < 4.78 is 0. The van der Waals surface area contributed by atoms with Crippen molar-refractivity contribution in [2.24, 2.45) is 11.3 Å². The lowest BCUT2D eigenvalue weighted by atomic mass is 9.83. The van der Waals surface area contributed by atoms with Crippen molar-refractivity contribution < 1.29 is 0 Å². The second-order valence-corrected chi connectivity index (χ2v) is 5.54. The summed E-state index contributed by atoms with van der Waals surface area (Å²) in [5.41, 5.74) is 0.533. The van der Waals surface area contributed by atoms with Gasteiger partial charge in [-0.15, -0.1) is 0 Å². The zero-order valence-corrected chi connectivity index (χ0v) is 9.77. The van der Waals surface area contributed by atoms with E-state index in [-0.39, 0.29) is 0 Å². The highest BCUT2D eigenvalue weighted by Gasteiger charge is 2.27. The molecule has 0 bridgehead atoms. The molecule has 78 valence electrons. The Kier molecular flexibility index (Phi) is 3.78. The van der Waals surface area contributed by atoms with Crippen LogP contribution in [0.2, 0.25) is 0 Å². The van der Waals surface area contributed by atoms with Gasteiger partial charge in [0, 0.05) is 6.54 Å². The highest BCUT2D eigenvalue weighted by atomic mass is 15.1. The predicted molar refractivity (Wildman–Crippen MR) is 58.9 cm³/mol. The van der Waals surface area contributed by atoms with E-state index < -0.39 is 0 Å². The molecule has 0 aromatic heterocycles. The summed E-state index contributed by atoms with van der Waals surface area (Å²) in [6, 6.07) is 0. The van der Waals surface area contributed by atoms with E-state index in [1.54, 1.807) is 0 Å². The first-order valence-electron chi connectivity index (χ1n) is 5.76. The van der Waals surface area contributed by atoms with E-state index in [0.29, 0.717) is 5.41 Å². The normalized spacial score (nSPS) is 30.0. The maximum atomic E-state index is 2.64. The molecule has 0 aliphatic carbocycles. The third-order valence-electron chi connectivity index (χ3n) is 3.03. The van der Waals surface area contributed by atoms with Crippen molar-refractivity contribution >= 4 is 0 Å². The van der Waals surface area contributed by atoms with Crippen LogP contribution in [0, 0.1) is 11.3 Å². The fraction of sp³-hybridized carbons (Fsp3) is 1.00. The summed E-state index contributed by atoms with van der Waals surface area (Å²) in [5, 5.41) is 0. The summed E-state index contributed by atoms with van der Waals surface area (Å²) in [5.74, 6) is 0.914. The monoisotopic (exact) mass is 183 g/mol. The van der Waals surface area contributed by atoms with E-state index >= 15 is 0 Å². The molecule has 1 heterocycles. The molecule has 1 rings (SSSR count). The van der Waals surface area contributed by atoms with Crippen LogP contribution in [0.3, 0.4) is 0 Å². The number of likely N-dealkylation sites (tertiary alicyclic amines) is 1. The Morgan fingerprint density at radius 1 is 1.38 bits per heavy atom. The Balaban J connectivity index is 2.52. The average Bonchev–Trinajstić information content (AvgIpc) is 2.09. The van der Waals surface area contributed by atoms with E-state index in [1.165, 1.54) is 38.9 Å². The molecule has 1 fully saturated rings. The van der Waals surface area contributed by atoms with Gasteiger partial charge in [-0.2, -0.15) is 0 Å². The van der Waals surface area contributed by atoms with Crippen molar-refractivity contribution in [1.82, 2.24) is 4.90 Å². The van der Waals surface area contributed by atoms with Crippen LogP contribution in [0.4, 0.5) is 0 Å². The van der Waals surface area contributed by atoms with Gasteiger partial charge in [-0.05, 0) is 43.7 Å². The first-order chi connectivity index (χ1) is 6.03. The second-order valence-electron chi connectivity index (χ2n) is 5.54. The van der Waals surface area contributed by atoms with Gasteiger partial charge in [0.1, 0.15) is 0 Å². The molecule has 1 aliphatic heterocycles. The van der Waals surface area contributed by atoms with Gasteiger partial charge in [-0.1, -0.05) is 27.7 Å². The fourth-order valence-corrected chi connectivity index (χ4v) is 2.70. The summed E-state index contributed by atoms with van der Waals surface area (Å²) in [6.45, 7) is 13.4. The number of hydrogen-bond acceptors (Lipinski definition) is 1. The summed E-state index contributed by atoms with van der Waals surface area (Å²) >= 11 is 0. The predicted octanol–water partition coefficient (Wildman–Crippen LogP) is 3.15. The zero-order chi connectivity index (χ0) is 9.90. The van der Waals surface area contributed by atoms with Gasteiger partial charge in [0.25, 0.3) is 0 Å². The molecule has 0 N–H and O–H groups in total. The molecule has 0 spiro atoms. The molecule has 13 heavy (non-hydrogen) atoms. The lowest BCUT2D eigenvalue weighted by Crippen LogP contribution is -2.33. The lowest BCUT2D eigenvalue weighted by molar-refractivity contribution is 0.192. The molecular formula is C12H25N. The molecule has 1 unspecified atom stereocenters. The van der Waals surface area contributed by atoms with E-state index in [0.717, 1.165) is 5.92 Å². The number of rotatable bonds is 2. The molecule has 0 aromatic rings. The van der Waals surface area contributed by atoms with E-state index in [4.69, 9.17) is 0 Å². The minimum absolute atomic E-state index is 0.533. The van der Waals surface area contributed by atoms with E-state index in [1.807, 2.05) is 0 Å². The molecule has 1 aliphatic rings. The third kappa shape index (κ3) is 3.68. The Labute approximate surface area is 83.5 Å². The average molecular weight is 183 g/mol. The van der Waals surface area contributed by atoms with E-state index in [2.05, 4.69) is 32.6 Å². The molecule has 1 nitrogen and oxygen atoms in total. The number of nitrogens with zero attached hydrogens (tertiary/aromatic N) is 1. The molecule has 1 heteroatoms. The SMILES string of the molecule is CCCN1CCC(C)CC(C)(C)C1. The molecule has 0 aromatic carbocycles. The largest absolute Gasteiger partial charge is 0.303 e. The summed E-state index contributed by atoms with van der Waals surface area (Å²) in [4.78, 5) is 2.64. The van der Waals surface area contributed by atoms with Gasteiger partial charge in [0.2, 0.25) is 0 Å². The number of hydrogen-bond donors (Lipinski definition) is 0. The van der Waals surface area contributed by atoms with Crippen LogP contribution in [-0.4, -0.2) is 24.5 Å². The quantitative estimate of drug-likeness (QED) is 0.635. The topological polar surface area (TPSA) is 3.24 Å². The first-order valence-corrected chi connectivity index (χ1v) is 5.76. The van der Waals surface area contributed by atoms with Crippen LogP contribution >= 0.6 is 0 Å². The minimum Gasteiger partial charge on any atom is -0.303 e. The van der Waals surface area contributed by atoms with Crippen LogP contribution in [0.1, 0.15) is 47.0 Å². The van der Waals surface area contributed by atoms with Crippen LogP contribution in [0.5, 0.6) is 0 Å². The molecule has 0 amide bonds. The lowest BCUT2D eigenvalue weighted by Gasteiger charge is -2.29. The van der Waals surface area contributed by atoms with Crippen molar-refractivity contribution in [1.29, 1.82) is 0 Å². The molecular weight excluding hydrogens is 158 g/mol. The van der Waals surface area contributed by atoms with Gasteiger partial charge in [-0.25, -0.2) is 0 Å². The maximum absolute atomic E-state index is 2.64. The standard InChI is InChI=1S/C12H25N/c1-5-7-13-8-6-11(2)9-12(3,4)10-13/h11H,5-10H2,1-4H3. The highest BCUT2D eigenvalue weighted by molar-refractivity contribution is 4.80. The van der Waals surface area contributed by atoms with Crippen LogP contribution < -0.4 is 0 Å². The Bertz CT molecular complexity index is 151. The Hall–Kier alpha value is -0.0400. The van der Waals surface area contributed by atoms with Crippen LogP contribution in [0.25, 0.3) is 0 Å². The van der Waals surface area contributed by atoms with Gasteiger partial charge >= 0.3 is 0 Å². The second kappa shape index (κ2) is 4.45. The Morgan fingerprint density at radius 3 is 2.69 bits per heavy atom. The first kappa shape index (κ1) is 11.0. The van der Waals surface area contributed by atoms with Crippen molar-refractivity contribution in [3.8, 4) is 0 Å². The zero-order valence-electron chi connectivity index (χ0n) is 9.77. The Morgan fingerprint density at radius 2 is 2.08 bits per heavy atom. The molecule has 0 radical (unpaired) electrons. The molecule has 1 saturated heterocycles. The summed E-state index contributed by atoms with van der Waals surface area (Å²) in [6.07, 6.45) is 4.08. The van der Waals surface area contributed by atoms with E-state index in [9.17, 15) is 0 Å². The van der Waals surface area contributed by atoms with Crippen LogP contribution in [0.15, 0.2) is 0 Å². The summed E-state index contributed by atoms with van der Waals surface area (Å²) in [7, 11) is 0. The van der Waals surface area contributed by atoms with Gasteiger partial charge in [-0.3, -0.25) is 0 Å². The van der Waals surface area contributed by atoms with Crippen LogP contribution in [-0.2, 0) is 0 Å².